The molecule has 6 atom stereocenters. The Morgan fingerprint density at radius 1 is 1.33 bits per heavy atom. The minimum absolute atomic E-state index is 0.00355. The van der Waals surface area contributed by atoms with Crippen molar-refractivity contribution in [3.05, 3.63) is 24.0 Å². The highest BCUT2D eigenvalue weighted by atomic mass is 32.2. The average molecular weight is 485 g/mol. The van der Waals surface area contributed by atoms with Crippen LogP contribution in [0.5, 0.6) is 0 Å². The second kappa shape index (κ2) is 9.07. The molecule has 2 aliphatic carbocycles. The van der Waals surface area contributed by atoms with Crippen LogP contribution in [0.2, 0.25) is 0 Å². The molecular formula is C22H33FN4O5S. The molecule has 0 aromatic carbocycles. The molecule has 1 amide bonds. The Labute approximate surface area is 194 Å². The quantitative estimate of drug-likeness (QED) is 0.633. The molecule has 1 aromatic heterocycles. The van der Waals surface area contributed by atoms with Crippen molar-refractivity contribution in [2.24, 2.45) is 5.92 Å². The first kappa shape index (κ1) is 24.3. The predicted octanol–water partition coefficient (Wildman–Crippen LogP) is 2.37. The SMILES string of the molecule is COC(=O)N1[C@H](C)C[C@H](NS(=O)(=O)C(C)C)[C@@H]1CO[C@@H]1CC[C@]2(c3ncc(F)cn3)C[C@@H]2C1. The summed E-state index contributed by atoms with van der Waals surface area (Å²) in [6, 6.07) is -1.07. The highest BCUT2D eigenvalue weighted by molar-refractivity contribution is 7.90. The molecule has 0 spiro atoms. The van der Waals surface area contributed by atoms with E-state index in [0.29, 0.717) is 18.2 Å². The fraction of sp³-hybridized carbons (Fsp3) is 0.773. The van der Waals surface area contributed by atoms with E-state index < -0.39 is 39.3 Å². The monoisotopic (exact) mass is 484 g/mol. The molecule has 11 heteroatoms. The molecule has 1 N–H and O–H groups in total. The smallest absolute Gasteiger partial charge is 0.410 e. The van der Waals surface area contributed by atoms with Gasteiger partial charge in [-0.3, -0.25) is 4.90 Å². The van der Waals surface area contributed by atoms with Crippen LogP contribution in [-0.4, -0.2) is 72.6 Å². The van der Waals surface area contributed by atoms with Gasteiger partial charge in [-0.15, -0.1) is 0 Å². The Morgan fingerprint density at radius 2 is 2.03 bits per heavy atom. The molecule has 184 valence electrons. The molecule has 9 nitrogen and oxygen atoms in total. The number of fused-ring (bicyclic) bond motifs is 1. The Kier molecular flexibility index (Phi) is 6.67. The van der Waals surface area contributed by atoms with Crippen molar-refractivity contribution in [2.45, 2.75) is 87.8 Å². The number of hydrogen-bond acceptors (Lipinski definition) is 7. The topological polar surface area (TPSA) is 111 Å². The highest BCUT2D eigenvalue weighted by Crippen LogP contribution is 2.61. The van der Waals surface area contributed by atoms with Gasteiger partial charge in [-0.25, -0.2) is 32.3 Å². The van der Waals surface area contributed by atoms with Crippen molar-refractivity contribution < 1.29 is 27.1 Å². The summed E-state index contributed by atoms with van der Waals surface area (Å²) in [5, 5.41) is -0.573. The average Bonchev–Trinajstić information content (AvgIpc) is 3.42. The molecule has 1 saturated heterocycles. The maximum Gasteiger partial charge on any atom is 0.410 e. The summed E-state index contributed by atoms with van der Waals surface area (Å²) in [7, 11) is -2.18. The van der Waals surface area contributed by atoms with Crippen LogP contribution in [0.25, 0.3) is 0 Å². The maximum absolute atomic E-state index is 13.2. The summed E-state index contributed by atoms with van der Waals surface area (Å²) in [6.45, 7) is 5.36. The van der Waals surface area contributed by atoms with E-state index >= 15 is 0 Å². The van der Waals surface area contributed by atoms with Gasteiger partial charge in [0.1, 0.15) is 5.82 Å². The number of likely N-dealkylation sites (tertiary alicyclic amines) is 1. The molecule has 1 aliphatic heterocycles. The number of methoxy groups -OCH3 is 1. The molecule has 0 bridgehead atoms. The van der Waals surface area contributed by atoms with Gasteiger partial charge < -0.3 is 9.47 Å². The fourth-order valence-electron chi connectivity index (χ4n) is 5.44. The number of sulfonamides is 1. The minimum atomic E-state index is -3.51. The van der Waals surface area contributed by atoms with Gasteiger partial charge in [-0.2, -0.15) is 0 Å². The highest BCUT2D eigenvalue weighted by Gasteiger charge is 2.60. The van der Waals surface area contributed by atoms with E-state index in [1.165, 1.54) is 19.5 Å². The van der Waals surface area contributed by atoms with Gasteiger partial charge in [0.2, 0.25) is 10.0 Å². The zero-order valence-electron chi connectivity index (χ0n) is 19.5. The lowest BCUT2D eigenvalue weighted by Gasteiger charge is -2.33. The largest absolute Gasteiger partial charge is 0.453 e. The number of carbonyl (C=O) groups is 1. The molecule has 3 fully saturated rings. The number of carbonyl (C=O) groups excluding carboxylic acids is 1. The number of aromatic nitrogens is 2. The van der Waals surface area contributed by atoms with Gasteiger partial charge in [0.05, 0.1) is 43.5 Å². The van der Waals surface area contributed by atoms with E-state index in [2.05, 4.69) is 14.7 Å². The van der Waals surface area contributed by atoms with Crippen molar-refractivity contribution in [1.29, 1.82) is 0 Å². The van der Waals surface area contributed by atoms with Crippen LogP contribution in [0.15, 0.2) is 12.4 Å². The lowest BCUT2D eigenvalue weighted by molar-refractivity contribution is -0.0103. The number of hydrogen-bond donors (Lipinski definition) is 1. The minimum Gasteiger partial charge on any atom is -0.453 e. The summed E-state index contributed by atoms with van der Waals surface area (Å²) < 4.78 is 52.2. The first-order chi connectivity index (χ1) is 15.6. The molecule has 1 aromatic rings. The van der Waals surface area contributed by atoms with Crippen LogP contribution in [0.1, 0.15) is 58.7 Å². The summed E-state index contributed by atoms with van der Waals surface area (Å²) in [5.74, 6) is 0.654. The normalized spacial score (nSPS) is 33.8. The van der Waals surface area contributed by atoms with Crippen LogP contribution < -0.4 is 4.72 Å². The van der Waals surface area contributed by atoms with E-state index in [1.54, 1.807) is 18.7 Å². The molecule has 0 unspecified atom stereocenters. The van der Waals surface area contributed by atoms with Crippen molar-refractivity contribution >= 4 is 16.1 Å². The summed E-state index contributed by atoms with van der Waals surface area (Å²) in [4.78, 5) is 22.4. The second-order valence-electron chi connectivity index (χ2n) is 9.86. The number of nitrogens with one attached hydrogen (secondary N) is 1. The standard InChI is InChI=1S/C22H33FN4O5S/c1-13(2)33(29,30)26-18-7-14(3)27(21(28)31-4)19(18)12-32-17-5-6-22(9-15(22)8-17)20-24-10-16(23)11-25-20/h10-11,13-15,17-19,26H,5-9,12H2,1-4H3/t14-,15+,17-,18+,19+,22+/m1/s1. The molecule has 3 aliphatic rings. The summed E-state index contributed by atoms with van der Waals surface area (Å²) in [6.07, 6.45) is 5.91. The van der Waals surface area contributed by atoms with Crippen molar-refractivity contribution in [1.82, 2.24) is 19.6 Å². The Morgan fingerprint density at radius 3 is 2.64 bits per heavy atom. The first-order valence-electron chi connectivity index (χ1n) is 11.5. The van der Waals surface area contributed by atoms with Gasteiger partial charge >= 0.3 is 6.09 Å². The van der Waals surface area contributed by atoms with Crippen molar-refractivity contribution in [3.63, 3.8) is 0 Å². The van der Waals surface area contributed by atoms with E-state index in [4.69, 9.17) is 9.47 Å². The third-order valence-electron chi connectivity index (χ3n) is 7.47. The van der Waals surface area contributed by atoms with E-state index in [9.17, 15) is 17.6 Å². The number of ether oxygens (including phenoxy) is 2. The zero-order chi connectivity index (χ0) is 24.0. The van der Waals surface area contributed by atoms with E-state index in [0.717, 1.165) is 25.7 Å². The van der Waals surface area contributed by atoms with Gasteiger partial charge in [0.15, 0.2) is 5.82 Å². The molecule has 33 heavy (non-hydrogen) atoms. The van der Waals surface area contributed by atoms with Crippen LogP contribution in [0.3, 0.4) is 0 Å². The predicted molar refractivity (Wildman–Crippen MR) is 118 cm³/mol. The molecular weight excluding hydrogens is 451 g/mol. The van der Waals surface area contributed by atoms with Gasteiger partial charge in [-0.05, 0) is 58.8 Å². The molecule has 2 heterocycles. The van der Waals surface area contributed by atoms with Crippen LogP contribution >= 0.6 is 0 Å². The van der Waals surface area contributed by atoms with Crippen LogP contribution in [-0.2, 0) is 24.9 Å². The van der Waals surface area contributed by atoms with Crippen LogP contribution in [0, 0.1) is 11.7 Å². The first-order valence-corrected chi connectivity index (χ1v) is 13.1. The van der Waals surface area contributed by atoms with E-state index in [1.807, 2.05) is 6.92 Å². The Balaban J connectivity index is 1.41. The van der Waals surface area contributed by atoms with Gasteiger partial charge in [0.25, 0.3) is 0 Å². The maximum atomic E-state index is 13.2. The molecule has 0 radical (unpaired) electrons. The molecule has 2 saturated carbocycles. The Hall–Kier alpha value is -1.85. The second-order valence-corrected chi connectivity index (χ2v) is 12.1. The van der Waals surface area contributed by atoms with Gasteiger partial charge in [0, 0.05) is 17.5 Å². The number of halogens is 1. The van der Waals surface area contributed by atoms with E-state index in [-0.39, 0.29) is 24.2 Å². The number of rotatable bonds is 7. The fourth-order valence-corrected chi connectivity index (χ4v) is 6.39. The van der Waals surface area contributed by atoms with Gasteiger partial charge in [-0.1, -0.05) is 0 Å². The third kappa shape index (κ3) is 4.72. The Bertz CT molecular complexity index is 976. The molecule has 4 rings (SSSR count). The third-order valence-corrected chi connectivity index (χ3v) is 9.35. The lowest BCUT2D eigenvalue weighted by atomic mass is 9.86. The lowest BCUT2D eigenvalue weighted by Crippen LogP contribution is -2.51. The summed E-state index contributed by atoms with van der Waals surface area (Å²) in [5.41, 5.74) is -0.0804. The zero-order valence-corrected chi connectivity index (χ0v) is 20.3. The van der Waals surface area contributed by atoms with Crippen molar-refractivity contribution in [2.75, 3.05) is 13.7 Å². The number of nitrogens with zero attached hydrogens (tertiary/aromatic N) is 3. The summed E-state index contributed by atoms with van der Waals surface area (Å²) >= 11 is 0. The van der Waals surface area contributed by atoms with Crippen LogP contribution in [0.4, 0.5) is 9.18 Å². The number of amides is 1. The van der Waals surface area contributed by atoms with Crippen molar-refractivity contribution in [3.8, 4) is 0 Å².